The quantitative estimate of drug-likeness (QED) is 0.779. The molecule has 0 unspecified atom stereocenters. The molecular weight excluding hydrogens is 204 g/mol. The summed E-state index contributed by atoms with van der Waals surface area (Å²) in [6.45, 7) is 5.57. The van der Waals surface area contributed by atoms with Crippen LogP contribution in [0.15, 0.2) is 4.99 Å². The van der Waals surface area contributed by atoms with E-state index >= 15 is 0 Å². The summed E-state index contributed by atoms with van der Waals surface area (Å²) in [5.74, 6) is 2.20. The summed E-state index contributed by atoms with van der Waals surface area (Å²) >= 11 is 1.91. The lowest BCUT2D eigenvalue weighted by Gasteiger charge is -2.25. The first-order valence-electron chi connectivity index (χ1n) is 6.23. The van der Waals surface area contributed by atoms with E-state index in [0.29, 0.717) is 5.54 Å². The Morgan fingerprint density at radius 2 is 2.13 bits per heavy atom. The number of hydrogen-bond donors (Lipinski definition) is 1. The van der Waals surface area contributed by atoms with Gasteiger partial charge in [0.15, 0.2) is 5.17 Å². The Kier molecular flexibility index (Phi) is 3.60. The minimum Gasteiger partial charge on any atom is -0.359 e. The van der Waals surface area contributed by atoms with E-state index in [0.717, 1.165) is 12.5 Å². The molecule has 0 radical (unpaired) electrons. The Balaban J connectivity index is 1.79. The van der Waals surface area contributed by atoms with Gasteiger partial charge in [-0.2, -0.15) is 0 Å². The zero-order valence-corrected chi connectivity index (χ0v) is 10.7. The molecule has 0 aromatic heterocycles. The topological polar surface area (TPSA) is 24.4 Å². The van der Waals surface area contributed by atoms with Crippen LogP contribution < -0.4 is 5.32 Å². The average Bonchev–Trinajstić information content (AvgIpc) is 2.98. The molecule has 2 aliphatic rings. The maximum absolute atomic E-state index is 4.66. The van der Waals surface area contributed by atoms with Crippen molar-refractivity contribution in [1.29, 1.82) is 0 Å². The van der Waals surface area contributed by atoms with Crippen molar-refractivity contribution >= 4 is 16.9 Å². The Labute approximate surface area is 97.3 Å². The number of hydrogen-bond acceptors (Lipinski definition) is 2. The van der Waals surface area contributed by atoms with Gasteiger partial charge in [-0.05, 0) is 25.2 Å². The van der Waals surface area contributed by atoms with Crippen LogP contribution in [0.2, 0.25) is 0 Å². The molecule has 1 saturated carbocycles. The Morgan fingerprint density at radius 3 is 2.67 bits per heavy atom. The van der Waals surface area contributed by atoms with Crippen molar-refractivity contribution in [3.05, 3.63) is 0 Å². The van der Waals surface area contributed by atoms with Crippen LogP contribution in [0, 0.1) is 5.92 Å². The Morgan fingerprint density at radius 1 is 1.40 bits per heavy atom. The predicted molar refractivity (Wildman–Crippen MR) is 68.5 cm³/mol. The van der Waals surface area contributed by atoms with Crippen LogP contribution in [0.1, 0.15) is 46.0 Å². The van der Waals surface area contributed by atoms with Gasteiger partial charge >= 0.3 is 0 Å². The second-order valence-corrected chi connectivity index (χ2v) is 5.78. The molecule has 1 aliphatic heterocycles. The molecule has 0 aromatic rings. The first kappa shape index (κ1) is 11.3. The van der Waals surface area contributed by atoms with Gasteiger partial charge in [-0.3, -0.25) is 4.99 Å². The van der Waals surface area contributed by atoms with Gasteiger partial charge < -0.3 is 5.32 Å². The van der Waals surface area contributed by atoms with E-state index in [1.807, 2.05) is 11.8 Å². The molecule has 2 rings (SSSR count). The zero-order valence-electron chi connectivity index (χ0n) is 9.88. The summed E-state index contributed by atoms with van der Waals surface area (Å²) in [6, 6.07) is 0. The van der Waals surface area contributed by atoms with Crippen LogP contribution in [0.25, 0.3) is 0 Å². The molecule has 1 saturated heterocycles. The van der Waals surface area contributed by atoms with E-state index in [2.05, 4.69) is 24.2 Å². The van der Waals surface area contributed by atoms with Crippen LogP contribution in [0.3, 0.4) is 0 Å². The molecular formula is C12H22N2S. The summed E-state index contributed by atoms with van der Waals surface area (Å²) in [4.78, 5) is 4.66. The number of aliphatic imine (C=N–C) groups is 1. The Bertz CT molecular complexity index is 242. The number of nitrogens with one attached hydrogen (secondary N) is 1. The van der Waals surface area contributed by atoms with E-state index < -0.39 is 0 Å². The van der Waals surface area contributed by atoms with E-state index in [4.69, 9.17) is 0 Å². The molecule has 3 heteroatoms. The lowest BCUT2D eigenvalue weighted by atomic mass is 9.96. The van der Waals surface area contributed by atoms with Crippen molar-refractivity contribution in [3.8, 4) is 0 Å². The molecule has 0 atom stereocenters. The molecule has 1 aliphatic carbocycles. The van der Waals surface area contributed by atoms with Crippen molar-refractivity contribution in [3.63, 3.8) is 0 Å². The largest absolute Gasteiger partial charge is 0.359 e. The number of rotatable bonds is 5. The lowest BCUT2D eigenvalue weighted by molar-refractivity contribution is 0.407. The lowest BCUT2D eigenvalue weighted by Crippen LogP contribution is -2.42. The highest BCUT2D eigenvalue weighted by Gasteiger charge is 2.33. The highest BCUT2D eigenvalue weighted by Crippen LogP contribution is 2.33. The van der Waals surface area contributed by atoms with Gasteiger partial charge in [0.25, 0.3) is 0 Å². The summed E-state index contributed by atoms with van der Waals surface area (Å²) in [6.07, 6.45) is 6.60. The predicted octanol–water partition coefficient (Wildman–Crippen LogP) is 3.04. The average molecular weight is 226 g/mol. The van der Waals surface area contributed by atoms with Crippen LogP contribution in [0.5, 0.6) is 0 Å². The van der Waals surface area contributed by atoms with E-state index in [1.165, 1.54) is 43.0 Å². The third kappa shape index (κ3) is 2.90. The van der Waals surface area contributed by atoms with Gasteiger partial charge in [0, 0.05) is 17.8 Å². The van der Waals surface area contributed by atoms with E-state index in [-0.39, 0.29) is 0 Å². The van der Waals surface area contributed by atoms with Crippen molar-refractivity contribution < 1.29 is 0 Å². The number of nitrogens with zero attached hydrogens (tertiary/aromatic N) is 1. The molecule has 0 spiro atoms. The zero-order chi connectivity index (χ0) is 10.7. The second-order valence-electron chi connectivity index (χ2n) is 4.82. The van der Waals surface area contributed by atoms with Crippen molar-refractivity contribution in [1.82, 2.24) is 5.32 Å². The molecule has 2 nitrogen and oxygen atoms in total. The molecule has 1 N–H and O–H groups in total. The molecule has 2 fully saturated rings. The van der Waals surface area contributed by atoms with Crippen molar-refractivity contribution in [2.24, 2.45) is 10.9 Å². The van der Waals surface area contributed by atoms with Crippen molar-refractivity contribution in [2.75, 3.05) is 12.3 Å². The summed E-state index contributed by atoms with van der Waals surface area (Å²) in [5, 5.41) is 4.80. The van der Waals surface area contributed by atoms with Crippen LogP contribution in [-0.2, 0) is 0 Å². The normalized spacial score (nSPS) is 26.9. The highest BCUT2D eigenvalue weighted by molar-refractivity contribution is 8.14. The first-order chi connectivity index (χ1) is 7.28. The van der Waals surface area contributed by atoms with Crippen LogP contribution in [-0.4, -0.2) is 23.0 Å². The monoisotopic (exact) mass is 226 g/mol. The fourth-order valence-electron chi connectivity index (χ4n) is 1.98. The van der Waals surface area contributed by atoms with Gasteiger partial charge in [0.05, 0.1) is 0 Å². The molecule has 0 aromatic carbocycles. The minimum absolute atomic E-state index is 0.336. The van der Waals surface area contributed by atoms with E-state index in [1.54, 1.807) is 0 Å². The second kappa shape index (κ2) is 4.77. The van der Waals surface area contributed by atoms with Crippen LogP contribution in [0.4, 0.5) is 0 Å². The Hall–Kier alpha value is -0.180. The molecule has 0 amide bonds. The van der Waals surface area contributed by atoms with Gasteiger partial charge in [-0.1, -0.05) is 38.5 Å². The van der Waals surface area contributed by atoms with Gasteiger partial charge in [0.2, 0.25) is 0 Å². The molecule has 0 bridgehead atoms. The summed E-state index contributed by atoms with van der Waals surface area (Å²) < 4.78 is 0. The first-order valence-corrected chi connectivity index (χ1v) is 7.22. The van der Waals surface area contributed by atoms with Crippen molar-refractivity contribution in [2.45, 2.75) is 51.5 Å². The maximum atomic E-state index is 4.66. The molecule has 15 heavy (non-hydrogen) atoms. The standard InChI is InChI=1S/C12H22N2S/c1-3-12(4-2)9-15-11(14-12)13-8-7-10-5-6-10/h10H,3-9H2,1-2H3,(H,13,14). The SMILES string of the molecule is CCC1(CC)CSC(=NCCC2CC2)N1. The summed E-state index contributed by atoms with van der Waals surface area (Å²) in [7, 11) is 0. The molecule has 86 valence electrons. The van der Waals surface area contributed by atoms with Gasteiger partial charge in [0.1, 0.15) is 0 Å². The number of amidine groups is 1. The van der Waals surface area contributed by atoms with Gasteiger partial charge in [-0.15, -0.1) is 0 Å². The van der Waals surface area contributed by atoms with E-state index in [9.17, 15) is 0 Å². The highest BCUT2D eigenvalue weighted by atomic mass is 32.2. The van der Waals surface area contributed by atoms with Gasteiger partial charge in [-0.25, -0.2) is 0 Å². The fraction of sp³-hybridized carbons (Fsp3) is 0.917. The third-order valence-corrected chi connectivity index (χ3v) is 4.90. The number of thioether (sulfide) groups is 1. The third-order valence-electron chi connectivity index (χ3n) is 3.70. The minimum atomic E-state index is 0.336. The van der Waals surface area contributed by atoms with Crippen LogP contribution >= 0.6 is 11.8 Å². The smallest absolute Gasteiger partial charge is 0.157 e. The summed E-state index contributed by atoms with van der Waals surface area (Å²) in [5.41, 5.74) is 0.336. The molecule has 1 heterocycles. The maximum Gasteiger partial charge on any atom is 0.157 e. The fourth-order valence-corrected chi connectivity index (χ4v) is 3.34.